The van der Waals surface area contributed by atoms with Gasteiger partial charge in [0, 0.05) is 9.35 Å². The van der Waals surface area contributed by atoms with Gasteiger partial charge in [-0.1, -0.05) is 0 Å². The molecule has 4 heteroatoms. The van der Waals surface area contributed by atoms with Gasteiger partial charge >= 0.3 is 0 Å². The molecule has 2 heterocycles. The number of alkyl halides is 1. The number of hydrogen-bond donors (Lipinski definition) is 0. The van der Waals surface area contributed by atoms with E-state index in [-0.39, 0.29) is 5.38 Å². The number of rotatable bonds is 2. The highest BCUT2D eigenvalue weighted by atomic mass is 79.9. The van der Waals surface area contributed by atoms with E-state index >= 15 is 0 Å². The first-order valence-electron chi connectivity index (χ1n) is 4.10. The van der Waals surface area contributed by atoms with Gasteiger partial charge in [-0.25, -0.2) is 0 Å². The Morgan fingerprint density at radius 1 is 1.43 bits per heavy atom. The third kappa shape index (κ3) is 1.91. The monoisotopic (exact) mass is 306 g/mol. The molecule has 0 aliphatic heterocycles. The van der Waals surface area contributed by atoms with Gasteiger partial charge in [0.15, 0.2) is 0 Å². The Bertz CT molecular complexity index is 393. The number of thiophene rings is 2. The summed E-state index contributed by atoms with van der Waals surface area (Å²) in [6.45, 7) is 2.10. The van der Waals surface area contributed by atoms with Gasteiger partial charge in [0.25, 0.3) is 0 Å². The zero-order chi connectivity index (χ0) is 10.1. The smallest absolute Gasteiger partial charge is 0.0949 e. The van der Waals surface area contributed by atoms with Crippen LogP contribution in [0.5, 0.6) is 0 Å². The summed E-state index contributed by atoms with van der Waals surface area (Å²) >= 11 is 13.3. The van der Waals surface area contributed by atoms with Crippen LogP contribution in [-0.4, -0.2) is 0 Å². The van der Waals surface area contributed by atoms with Crippen molar-refractivity contribution in [3.63, 3.8) is 0 Å². The maximum Gasteiger partial charge on any atom is 0.0949 e. The number of hydrogen-bond acceptors (Lipinski definition) is 2. The number of aryl methyl sites for hydroxylation is 1. The molecule has 1 unspecified atom stereocenters. The first-order valence-corrected chi connectivity index (χ1v) is 7.15. The van der Waals surface area contributed by atoms with Crippen molar-refractivity contribution in [1.82, 2.24) is 0 Å². The van der Waals surface area contributed by atoms with Crippen molar-refractivity contribution in [1.29, 1.82) is 0 Å². The molecule has 14 heavy (non-hydrogen) atoms. The molecular formula is C10H8BrClS2. The van der Waals surface area contributed by atoms with Crippen molar-refractivity contribution in [3.8, 4) is 0 Å². The molecular weight excluding hydrogens is 300 g/mol. The number of halogens is 2. The van der Waals surface area contributed by atoms with E-state index in [4.69, 9.17) is 11.6 Å². The lowest BCUT2D eigenvalue weighted by Gasteiger charge is -2.07. The van der Waals surface area contributed by atoms with Crippen molar-refractivity contribution in [2.75, 3.05) is 0 Å². The third-order valence-electron chi connectivity index (χ3n) is 2.04. The maximum atomic E-state index is 6.41. The molecule has 0 spiro atoms. The average Bonchev–Trinajstić information content (AvgIpc) is 2.73. The molecule has 0 bridgehead atoms. The van der Waals surface area contributed by atoms with Crippen LogP contribution < -0.4 is 0 Å². The summed E-state index contributed by atoms with van der Waals surface area (Å²) < 4.78 is 1.10. The van der Waals surface area contributed by atoms with Crippen LogP contribution in [-0.2, 0) is 0 Å². The Labute approximate surface area is 105 Å². The molecule has 0 aliphatic carbocycles. The Hall–Kier alpha value is 0.170. The average molecular weight is 308 g/mol. The minimum Gasteiger partial charge on any atom is -0.152 e. The standard InChI is InChI=1S/C10H8BrClS2/c1-6-4-13-5-7(6)9(12)10-8(11)2-3-14-10/h2-5,9H,1H3. The highest BCUT2D eigenvalue weighted by Gasteiger charge is 2.17. The predicted octanol–water partition coefficient (Wildman–Crippen LogP) is 5.21. The largest absolute Gasteiger partial charge is 0.152 e. The fourth-order valence-electron chi connectivity index (χ4n) is 1.26. The van der Waals surface area contributed by atoms with Crippen LogP contribution in [0.3, 0.4) is 0 Å². The minimum atomic E-state index is -0.0179. The quantitative estimate of drug-likeness (QED) is 0.668. The lowest BCUT2D eigenvalue weighted by Crippen LogP contribution is -1.90. The van der Waals surface area contributed by atoms with E-state index in [1.165, 1.54) is 16.0 Å². The van der Waals surface area contributed by atoms with Crippen LogP contribution in [0.15, 0.2) is 26.7 Å². The van der Waals surface area contributed by atoms with Crippen molar-refractivity contribution in [2.45, 2.75) is 12.3 Å². The van der Waals surface area contributed by atoms with Crippen molar-refractivity contribution < 1.29 is 0 Å². The van der Waals surface area contributed by atoms with Crippen molar-refractivity contribution in [3.05, 3.63) is 42.7 Å². The summed E-state index contributed by atoms with van der Waals surface area (Å²) in [4.78, 5) is 1.19. The second-order valence-corrected chi connectivity index (χ2v) is 5.99. The molecule has 0 saturated heterocycles. The summed E-state index contributed by atoms with van der Waals surface area (Å²) in [5.74, 6) is 0. The zero-order valence-corrected chi connectivity index (χ0v) is 11.4. The first-order chi connectivity index (χ1) is 6.70. The summed E-state index contributed by atoms with van der Waals surface area (Å²) in [6.07, 6.45) is 0. The third-order valence-corrected chi connectivity index (χ3v) is 5.44. The predicted molar refractivity (Wildman–Crippen MR) is 68.8 cm³/mol. The molecule has 0 saturated carbocycles. The molecule has 2 aromatic rings. The summed E-state index contributed by atoms with van der Waals surface area (Å²) in [7, 11) is 0. The van der Waals surface area contributed by atoms with Gasteiger partial charge < -0.3 is 0 Å². The second kappa shape index (κ2) is 4.35. The highest BCUT2D eigenvalue weighted by molar-refractivity contribution is 9.10. The van der Waals surface area contributed by atoms with E-state index in [9.17, 15) is 0 Å². The van der Waals surface area contributed by atoms with E-state index in [1.54, 1.807) is 22.7 Å². The van der Waals surface area contributed by atoms with Crippen molar-refractivity contribution in [2.24, 2.45) is 0 Å². The molecule has 0 nitrogen and oxygen atoms in total. The first kappa shape index (κ1) is 10.7. The normalized spacial score (nSPS) is 13.1. The van der Waals surface area contributed by atoms with Gasteiger partial charge in [0.2, 0.25) is 0 Å². The molecule has 0 radical (unpaired) electrons. The summed E-state index contributed by atoms with van der Waals surface area (Å²) in [5, 5.41) is 6.29. The van der Waals surface area contributed by atoms with Gasteiger partial charge in [-0.05, 0) is 56.2 Å². The van der Waals surface area contributed by atoms with E-state index in [0.29, 0.717) is 0 Å². The van der Waals surface area contributed by atoms with Crippen LogP contribution in [0.2, 0.25) is 0 Å². The van der Waals surface area contributed by atoms with E-state index in [1.807, 2.05) is 6.07 Å². The molecule has 0 fully saturated rings. The highest BCUT2D eigenvalue weighted by Crippen LogP contribution is 2.39. The lowest BCUT2D eigenvalue weighted by molar-refractivity contribution is 1.16. The molecule has 2 rings (SSSR count). The second-order valence-electron chi connectivity index (χ2n) is 3.01. The topological polar surface area (TPSA) is 0 Å². The van der Waals surface area contributed by atoms with Crippen LogP contribution in [0.25, 0.3) is 0 Å². The summed E-state index contributed by atoms with van der Waals surface area (Å²) in [6, 6.07) is 2.04. The Morgan fingerprint density at radius 3 is 2.71 bits per heavy atom. The molecule has 2 aromatic heterocycles. The molecule has 0 amide bonds. The van der Waals surface area contributed by atoms with Gasteiger partial charge in [-0.15, -0.1) is 22.9 Å². The fraction of sp³-hybridized carbons (Fsp3) is 0.200. The molecule has 0 N–H and O–H groups in total. The lowest BCUT2D eigenvalue weighted by atomic mass is 10.1. The zero-order valence-electron chi connectivity index (χ0n) is 7.46. The Kier molecular flexibility index (Phi) is 3.32. The molecule has 74 valence electrons. The van der Waals surface area contributed by atoms with E-state index < -0.39 is 0 Å². The van der Waals surface area contributed by atoms with Gasteiger partial charge in [0.05, 0.1) is 5.38 Å². The van der Waals surface area contributed by atoms with Gasteiger partial charge in [0.1, 0.15) is 0 Å². The molecule has 0 aromatic carbocycles. The SMILES string of the molecule is Cc1cscc1C(Cl)c1sccc1Br. The van der Waals surface area contributed by atoms with E-state index in [2.05, 4.69) is 39.0 Å². The fourth-order valence-corrected chi connectivity index (χ4v) is 4.44. The van der Waals surface area contributed by atoms with Gasteiger partial charge in [-0.3, -0.25) is 0 Å². The Balaban J connectivity index is 2.38. The Morgan fingerprint density at radius 2 is 2.21 bits per heavy atom. The summed E-state index contributed by atoms with van der Waals surface area (Å²) in [5.41, 5.74) is 2.50. The minimum absolute atomic E-state index is 0.0179. The van der Waals surface area contributed by atoms with Gasteiger partial charge in [-0.2, -0.15) is 11.3 Å². The van der Waals surface area contributed by atoms with E-state index in [0.717, 1.165) is 4.47 Å². The maximum absolute atomic E-state index is 6.41. The molecule has 1 atom stereocenters. The van der Waals surface area contributed by atoms with Crippen LogP contribution in [0.4, 0.5) is 0 Å². The van der Waals surface area contributed by atoms with Crippen LogP contribution >= 0.6 is 50.2 Å². The van der Waals surface area contributed by atoms with Crippen LogP contribution in [0, 0.1) is 6.92 Å². The van der Waals surface area contributed by atoms with Crippen LogP contribution in [0.1, 0.15) is 21.4 Å². The van der Waals surface area contributed by atoms with Crippen molar-refractivity contribution >= 4 is 50.2 Å². The molecule has 0 aliphatic rings.